The Morgan fingerprint density at radius 2 is 1.76 bits per heavy atom. The minimum absolute atomic E-state index is 0. The number of hydrogen-bond acceptors (Lipinski definition) is 0. The van der Waals surface area contributed by atoms with Gasteiger partial charge >= 0.3 is 0 Å². The quantitative estimate of drug-likeness (QED) is 0.506. The van der Waals surface area contributed by atoms with Crippen LogP contribution in [0.15, 0.2) is 60.3 Å². The molecule has 0 fully saturated rings. The summed E-state index contributed by atoms with van der Waals surface area (Å²) in [6.45, 7) is 13.8. The molecule has 0 aliphatic heterocycles. The molecule has 0 nitrogen and oxygen atoms in total. The van der Waals surface area contributed by atoms with E-state index in [1.54, 1.807) is 6.08 Å². The second kappa shape index (κ2) is 12.8. The van der Waals surface area contributed by atoms with Crippen molar-refractivity contribution in [2.24, 2.45) is 0 Å². The number of rotatable bonds is 3. The van der Waals surface area contributed by atoms with Gasteiger partial charge in [0.15, 0.2) is 0 Å². The molecule has 0 aromatic heterocycles. The third-order valence-corrected chi connectivity index (χ3v) is 2.20. The van der Waals surface area contributed by atoms with Crippen LogP contribution >= 0.6 is 0 Å². The maximum absolute atomic E-state index is 4.01. The molecule has 0 saturated heterocycles. The molecule has 98 valence electrons. The van der Waals surface area contributed by atoms with E-state index in [1.807, 2.05) is 26.0 Å². The van der Waals surface area contributed by atoms with Crippen molar-refractivity contribution in [3.8, 4) is 0 Å². The van der Waals surface area contributed by atoms with Gasteiger partial charge in [0.2, 0.25) is 0 Å². The maximum Gasteiger partial charge on any atom is -0.0236 e. The van der Waals surface area contributed by atoms with E-state index in [0.29, 0.717) is 0 Å². The van der Waals surface area contributed by atoms with Crippen LogP contribution in [0, 0.1) is 0 Å². The highest BCUT2D eigenvalue weighted by Gasteiger charge is 2.03. The molecular formula is C17H30. The monoisotopic (exact) mass is 234 g/mol. The number of allylic oxidation sites excluding steroid dienone is 8. The van der Waals surface area contributed by atoms with Crippen LogP contribution in [0.5, 0.6) is 0 Å². The van der Waals surface area contributed by atoms with Crippen LogP contribution in [0.2, 0.25) is 0 Å². The molecule has 0 saturated carbocycles. The highest BCUT2D eigenvalue weighted by Crippen LogP contribution is 2.23. The smallest absolute Gasteiger partial charge is 0.0236 e. The normalized spacial score (nSPS) is 13.1. The van der Waals surface area contributed by atoms with Gasteiger partial charge in [-0.15, -0.1) is 0 Å². The highest BCUT2D eigenvalue weighted by molar-refractivity contribution is 5.42. The van der Waals surface area contributed by atoms with Gasteiger partial charge in [-0.25, -0.2) is 0 Å². The molecule has 0 N–H and O–H groups in total. The molecular weight excluding hydrogens is 204 g/mol. The lowest BCUT2D eigenvalue weighted by molar-refractivity contribution is 0.919. The lowest BCUT2D eigenvalue weighted by Gasteiger charge is -2.11. The second-order valence-electron chi connectivity index (χ2n) is 3.32. The van der Waals surface area contributed by atoms with E-state index in [1.165, 1.54) is 11.1 Å². The van der Waals surface area contributed by atoms with Gasteiger partial charge in [0.1, 0.15) is 0 Å². The fraction of sp³-hybridized carbons (Fsp3) is 0.412. The van der Waals surface area contributed by atoms with Crippen LogP contribution in [0.4, 0.5) is 0 Å². The van der Waals surface area contributed by atoms with Gasteiger partial charge < -0.3 is 0 Å². The third kappa shape index (κ3) is 8.50. The minimum Gasteiger partial charge on any atom is -0.0991 e. The molecule has 0 amide bonds. The van der Waals surface area contributed by atoms with Crippen LogP contribution in [-0.2, 0) is 0 Å². The zero-order valence-electron chi connectivity index (χ0n) is 10.2. The summed E-state index contributed by atoms with van der Waals surface area (Å²) in [5.74, 6) is 0. The minimum atomic E-state index is 0. The first-order valence-corrected chi connectivity index (χ1v) is 5.58. The molecule has 0 radical (unpaired) electrons. The van der Waals surface area contributed by atoms with Crippen molar-refractivity contribution in [1.29, 1.82) is 0 Å². The van der Waals surface area contributed by atoms with Crippen LogP contribution in [0.25, 0.3) is 0 Å². The fourth-order valence-corrected chi connectivity index (χ4v) is 1.30. The van der Waals surface area contributed by atoms with Crippen molar-refractivity contribution >= 4 is 0 Å². The molecule has 0 spiro atoms. The summed E-state index contributed by atoms with van der Waals surface area (Å²) >= 11 is 0. The fourth-order valence-electron chi connectivity index (χ4n) is 1.30. The maximum atomic E-state index is 4.01. The Morgan fingerprint density at radius 3 is 2.18 bits per heavy atom. The Morgan fingerprint density at radius 1 is 1.18 bits per heavy atom. The Hall–Kier alpha value is -1.30. The molecule has 0 heterocycles. The van der Waals surface area contributed by atoms with E-state index in [9.17, 15) is 0 Å². The van der Waals surface area contributed by atoms with Crippen LogP contribution in [-0.4, -0.2) is 0 Å². The summed E-state index contributed by atoms with van der Waals surface area (Å²) in [6.07, 6.45) is 12.3. The first kappa shape index (κ1) is 21.0. The molecule has 1 aliphatic carbocycles. The Balaban J connectivity index is -0.000000464. The van der Waals surface area contributed by atoms with Gasteiger partial charge in [-0.2, -0.15) is 0 Å². The van der Waals surface area contributed by atoms with Gasteiger partial charge in [-0.05, 0) is 30.9 Å². The first-order valence-electron chi connectivity index (χ1n) is 5.58. The van der Waals surface area contributed by atoms with E-state index >= 15 is 0 Å². The summed E-state index contributed by atoms with van der Waals surface area (Å²) in [7, 11) is 0. The summed E-state index contributed by atoms with van der Waals surface area (Å²) < 4.78 is 0. The van der Waals surface area contributed by atoms with Crippen LogP contribution < -0.4 is 0 Å². The standard InChI is InChI=1S/C13H16.C2H6.2CH4/c1-4-5-6-12(3)13-9-7-11(2)8-10-13;1-2;;/h4-7,9H,1,3,8,10H2,2H3;1-2H3;2*1H4/b6-5-;;;. The number of hydrogen-bond donors (Lipinski definition) is 0. The van der Waals surface area contributed by atoms with Crippen LogP contribution in [0.1, 0.15) is 48.5 Å². The van der Waals surface area contributed by atoms with Gasteiger partial charge in [-0.1, -0.05) is 77.8 Å². The molecule has 0 atom stereocenters. The van der Waals surface area contributed by atoms with E-state index in [0.717, 1.165) is 18.4 Å². The Labute approximate surface area is 109 Å². The Kier molecular flexibility index (Phi) is 15.8. The molecule has 1 rings (SSSR count). The Bertz CT molecular complexity index is 298. The summed E-state index contributed by atoms with van der Waals surface area (Å²) in [5.41, 5.74) is 3.89. The average molecular weight is 234 g/mol. The summed E-state index contributed by atoms with van der Waals surface area (Å²) in [4.78, 5) is 0. The summed E-state index contributed by atoms with van der Waals surface area (Å²) in [6, 6.07) is 0. The van der Waals surface area contributed by atoms with Crippen molar-refractivity contribution in [2.45, 2.75) is 48.5 Å². The zero-order valence-corrected chi connectivity index (χ0v) is 10.2. The second-order valence-corrected chi connectivity index (χ2v) is 3.32. The van der Waals surface area contributed by atoms with E-state index < -0.39 is 0 Å². The van der Waals surface area contributed by atoms with Gasteiger partial charge in [0, 0.05) is 0 Å². The van der Waals surface area contributed by atoms with Crippen molar-refractivity contribution in [3.05, 3.63) is 60.3 Å². The lowest BCUT2D eigenvalue weighted by Crippen LogP contribution is -1.92. The predicted octanol–water partition coefficient (Wildman–Crippen LogP) is 6.25. The van der Waals surface area contributed by atoms with E-state index in [4.69, 9.17) is 0 Å². The van der Waals surface area contributed by atoms with Crippen LogP contribution in [0.3, 0.4) is 0 Å². The van der Waals surface area contributed by atoms with Crippen molar-refractivity contribution in [3.63, 3.8) is 0 Å². The first-order chi connectivity index (χ1) is 7.24. The van der Waals surface area contributed by atoms with Crippen molar-refractivity contribution in [1.82, 2.24) is 0 Å². The van der Waals surface area contributed by atoms with Gasteiger partial charge in [-0.3, -0.25) is 0 Å². The molecule has 0 unspecified atom stereocenters. The third-order valence-electron chi connectivity index (χ3n) is 2.20. The topological polar surface area (TPSA) is 0 Å². The van der Waals surface area contributed by atoms with Crippen molar-refractivity contribution < 1.29 is 0 Å². The predicted molar refractivity (Wildman–Crippen MR) is 84.4 cm³/mol. The van der Waals surface area contributed by atoms with Gasteiger partial charge in [0.25, 0.3) is 0 Å². The molecule has 0 heteroatoms. The van der Waals surface area contributed by atoms with Crippen molar-refractivity contribution in [2.75, 3.05) is 0 Å². The van der Waals surface area contributed by atoms with Gasteiger partial charge in [0.05, 0.1) is 0 Å². The summed E-state index contributed by atoms with van der Waals surface area (Å²) in [5, 5.41) is 0. The van der Waals surface area contributed by atoms with E-state index in [2.05, 4.69) is 32.2 Å². The average Bonchev–Trinajstić information content (AvgIpc) is 2.29. The zero-order chi connectivity index (χ0) is 11.7. The largest absolute Gasteiger partial charge is 0.0991 e. The molecule has 0 bridgehead atoms. The SMILES string of the molecule is C.C.C=C/C=C\C(=C)C1=CC=C(C)CC1.CC. The molecule has 1 aliphatic rings. The molecule has 0 aromatic rings. The lowest BCUT2D eigenvalue weighted by atomic mass is 9.94. The molecule has 17 heavy (non-hydrogen) atoms. The molecule has 0 aromatic carbocycles. The van der Waals surface area contributed by atoms with E-state index in [-0.39, 0.29) is 14.9 Å². The highest BCUT2D eigenvalue weighted by atomic mass is 14.1.